The number of rotatable bonds is 4. The van der Waals surface area contributed by atoms with Gasteiger partial charge in [0.25, 0.3) is 5.91 Å². The number of anilines is 2. The van der Waals surface area contributed by atoms with E-state index in [1.807, 2.05) is 30.0 Å². The molecule has 2 fully saturated rings. The molecule has 33 heavy (non-hydrogen) atoms. The van der Waals surface area contributed by atoms with Crippen molar-refractivity contribution in [3.63, 3.8) is 0 Å². The standard InChI is InChI=1S/C25H28N2O5S/c1-16-15-26(25(29)23-4-3-13-32-23)22-14-19(17-7-10-20(11-8-17)33(2,30)31)9-12-21(22)27(16)24(28)18-5-6-18/h7-12,14,16,18,23H,3-6,13,15H2,1-2H3/t16-,23?/m0/s1. The lowest BCUT2D eigenvalue weighted by atomic mass is 9.99. The molecule has 1 saturated carbocycles. The number of fused-ring (bicyclic) bond motifs is 1. The van der Waals surface area contributed by atoms with E-state index in [9.17, 15) is 18.0 Å². The Morgan fingerprint density at radius 3 is 2.24 bits per heavy atom. The highest BCUT2D eigenvalue weighted by molar-refractivity contribution is 7.90. The molecule has 1 unspecified atom stereocenters. The fourth-order valence-electron chi connectivity index (χ4n) is 4.72. The van der Waals surface area contributed by atoms with E-state index in [-0.39, 0.29) is 28.7 Å². The molecule has 0 N–H and O–H groups in total. The quantitative estimate of drug-likeness (QED) is 0.687. The summed E-state index contributed by atoms with van der Waals surface area (Å²) >= 11 is 0. The molecule has 8 heteroatoms. The molecule has 2 aliphatic heterocycles. The number of hydrogen-bond acceptors (Lipinski definition) is 5. The van der Waals surface area contributed by atoms with Gasteiger partial charge in [-0.05, 0) is 68.0 Å². The van der Waals surface area contributed by atoms with Crippen LogP contribution in [-0.4, -0.2) is 51.8 Å². The first-order valence-electron chi connectivity index (χ1n) is 11.4. The average Bonchev–Trinajstić information content (AvgIpc) is 3.51. The van der Waals surface area contributed by atoms with Gasteiger partial charge in [0.1, 0.15) is 6.10 Å². The van der Waals surface area contributed by atoms with Crippen LogP contribution in [0, 0.1) is 5.92 Å². The van der Waals surface area contributed by atoms with Gasteiger partial charge >= 0.3 is 0 Å². The molecule has 2 amide bonds. The Kier molecular flexibility index (Phi) is 5.53. The summed E-state index contributed by atoms with van der Waals surface area (Å²) in [6, 6.07) is 12.3. The zero-order valence-corrected chi connectivity index (χ0v) is 19.7. The van der Waals surface area contributed by atoms with Crippen molar-refractivity contribution in [2.24, 2.45) is 5.92 Å². The summed E-state index contributed by atoms with van der Waals surface area (Å²) in [5.74, 6) is 0.130. The van der Waals surface area contributed by atoms with E-state index in [1.165, 1.54) is 6.26 Å². The van der Waals surface area contributed by atoms with Crippen LogP contribution >= 0.6 is 0 Å². The molecule has 7 nitrogen and oxygen atoms in total. The third kappa shape index (κ3) is 4.17. The van der Waals surface area contributed by atoms with E-state index < -0.39 is 15.9 Å². The Hall–Kier alpha value is -2.71. The van der Waals surface area contributed by atoms with Gasteiger partial charge in [0.05, 0.1) is 22.3 Å². The topological polar surface area (TPSA) is 84.0 Å². The molecule has 2 atom stereocenters. The summed E-state index contributed by atoms with van der Waals surface area (Å²) in [4.78, 5) is 30.3. The van der Waals surface area contributed by atoms with E-state index >= 15 is 0 Å². The van der Waals surface area contributed by atoms with Crippen molar-refractivity contribution in [2.75, 3.05) is 29.2 Å². The maximum Gasteiger partial charge on any atom is 0.256 e. The van der Waals surface area contributed by atoms with Gasteiger partial charge in [-0.1, -0.05) is 18.2 Å². The van der Waals surface area contributed by atoms with Crippen molar-refractivity contribution >= 4 is 33.0 Å². The number of hydrogen-bond donors (Lipinski definition) is 0. The molecular formula is C25H28N2O5S. The minimum absolute atomic E-state index is 0.0660. The molecule has 2 aromatic rings. The van der Waals surface area contributed by atoms with Crippen LogP contribution in [0.4, 0.5) is 11.4 Å². The number of amides is 2. The van der Waals surface area contributed by atoms with Gasteiger partial charge in [-0.2, -0.15) is 0 Å². The highest BCUT2D eigenvalue weighted by atomic mass is 32.2. The fraction of sp³-hybridized carbons (Fsp3) is 0.440. The summed E-state index contributed by atoms with van der Waals surface area (Å²) in [5, 5.41) is 0. The molecular weight excluding hydrogens is 440 g/mol. The lowest BCUT2D eigenvalue weighted by Gasteiger charge is -2.42. The third-order valence-corrected chi connectivity index (χ3v) is 7.79. The lowest BCUT2D eigenvalue weighted by molar-refractivity contribution is -0.127. The highest BCUT2D eigenvalue weighted by Gasteiger charge is 2.42. The number of carbonyl (C=O) groups excluding carboxylic acids is 2. The fourth-order valence-corrected chi connectivity index (χ4v) is 5.35. The lowest BCUT2D eigenvalue weighted by Crippen LogP contribution is -2.54. The largest absolute Gasteiger partial charge is 0.368 e. The van der Waals surface area contributed by atoms with Crippen LogP contribution < -0.4 is 9.80 Å². The first kappa shape index (κ1) is 22.1. The Balaban J connectivity index is 1.56. The SMILES string of the molecule is C[C@H]1CN(C(=O)C2CCCO2)c2cc(-c3ccc(S(C)(=O)=O)cc3)ccc2N1C(=O)C1CC1. The van der Waals surface area contributed by atoms with Crippen LogP contribution in [0.25, 0.3) is 11.1 Å². The molecule has 2 heterocycles. The summed E-state index contributed by atoms with van der Waals surface area (Å²) in [6.07, 6.45) is 4.14. The second-order valence-electron chi connectivity index (χ2n) is 9.28. The zero-order valence-electron chi connectivity index (χ0n) is 18.9. The smallest absolute Gasteiger partial charge is 0.256 e. The van der Waals surface area contributed by atoms with E-state index in [0.29, 0.717) is 25.3 Å². The number of benzene rings is 2. The summed E-state index contributed by atoms with van der Waals surface area (Å²) in [7, 11) is -3.28. The number of ether oxygens (including phenoxy) is 1. The van der Waals surface area contributed by atoms with Gasteiger partial charge < -0.3 is 14.5 Å². The molecule has 5 rings (SSSR count). The first-order chi connectivity index (χ1) is 15.7. The molecule has 1 saturated heterocycles. The summed E-state index contributed by atoms with van der Waals surface area (Å²) in [5.41, 5.74) is 3.14. The number of carbonyl (C=O) groups is 2. The molecule has 3 aliphatic rings. The Bertz CT molecular complexity index is 1200. The van der Waals surface area contributed by atoms with E-state index in [4.69, 9.17) is 4.74 Å². The molecule has 0 bridgehead atoms. The predicted molar refractivity (Wildman–Crippen MR) is 126 cm³/mol. The maximum absolute atomic E-state index is 13.4. The molecule has 0 radical (unpaired) electrons. The predicted octanol–water partition coefficient (Wildman–Crippen LogP) is 3.41. The molecule has 0 spiro atoms. The summed E-state index contributed by atoms with van der Waals surface area (Å²) < 4.78 is 29.3. The van der Waals surface area contributed by atoms with E-state index in [2.05, 4.69) is 0 Å². The van der Waals surface area contributed by atoms with Gasteiger partial charge in [-0.3, -0.25) is 9.59 Å². The van der Waals surface area contributed by atoms with Crippen LogP contribution in [0.15, 0.2) is 47.4 Å². The minimum Gasteiger partial charge on any atom is -0.368 e. The third-order valence-electron chi connectivity index (χ3n) is 6.66. The van der Waals surface area contributed by atoms with Gasteiger partial charge in [-0.15, -0.1) is 0 Å². The Labute approximate surface area is 194 Å². The van der Waals surface area contributed by atoms with Crippen molar-refractivity contribution in [1.29, 1.82) is 0 Å². The van der Waals surface area contributed by atoms with Gasteiger partial charge in [-0.25, -0.2) is 8.42 Å². The van der Waals surface area contributed by atoms with Crippen molar-refractivity contribution in [3.8, 4) is 11.1 Å². The Morgan fingerprint density at radius 2 is 1.64 bits per heavy atom. The molecule has 1 aliphatic carbocycles. The number of sulfone groups is 1. The van der Waals surface area contributed by atoms with Gasteiger partial charge in [0, 0.05) is 25.3 Å². The van der Waals surface area contributed by atoms with Crippen molar-refractivity contribution < 1.29 is 22.7 Å². The van der Waals surface area contributed by atoms with Crippen molar-refractivity contribution in [1.82, 2.24) is 0 Å². The van der Waals surface area contributed by atoms with E-state index in [0.717, 1.165) is 36.1 Å². The Morgan fingerprint density at radius 1 is 0.939 bits per heavy atom. The first-order valence-corrected chi connectivity index (χ1v) is 13.3. The normalized spacial score (nSPS) is 22.8. The molecule has 0 aromatic heterocycles. The van der Waals surface area contributed by atoms with Gasteiger partial charge in [0.2, 0.25) is 5.91 Å². The van der Waals surface area contributed by atoms with Crippen LogP contribution in [0.5, 0.6) is 0 Å². The minimum atomic E-state index is -3.28. The molecule has 2 aromatic carbocycles. The van der Waals surface area contributed by atoms with Crippen LogP contribution in [0.2, 0.25) is 0 Å². The molecule has 174 valence electrons. The highest BCUT2D eigenvalue weighted by Crippen LogP contribution is 2.42. The summed E-state index contributed by atoms with van der Waals surface area (Å²) in [6.45, 7) is 2.99. The van der Waals surface area contributed by atoms with Gasteiger partial charge in [0.15, 0.2) is 9.84 Å². The monoisotopic (exact) mass is 468 g/mol. The van der Waals surface area contributed by atoms with Crippen LogP contribution in [0.3, 0.4) is 0 Å². The average molecular weight is 469 g/mol. The van der Waals surface area contributed by atoms with Crippen LogP contribution in [0.1, 0.15) is 32.6 Å². The maximum atomic E-state index is 13.4. The second-order valence-corrected chi connectivity index (χ2v) is 11.3. The van der Waals surface area contributed by atoms with E-state index in [1.54, 1.807) is 29.2 Å². The number of nitrogens with zero attached hydrogens (tertiary/aromatic N) is 2. The van der Waals surface area contributed by atoms with Crippen LogP contribution in [-0.2, 0) is 24.2 Å². The second kappa shape index (κ2) is 8.25. The van der Waals surface area contributed by atoms with Crippen molar-refractivity contribution in [2.45, 2.75) is 49.6 Å². The van der Waals surface area contributed by atoms with Crippen molar-refractivity contribution in [3.05, 3.63) is 42.5 Å². The zero-order chi connectivity index (χ0) is 23.3.